The van der Waals surface area contributed by atoms with Crippen LogP contribution in [-0.4, -0.2) is 0 Å². The van der Waals surface area contributed by atoms with Crippen molar-refractivity contribution < 1.29 is 13.2 Å². The first kappa shape index (κ1) is 18.3. The van der Waals surface area contributed by atoms with E-state index in [-0.39, 0.29) is 12.0 Å². The fourth-order valence-corrected chi connectivity index (χ4v) is 2.62. The van der Waals surface area contributed by atoms with Gasteiger partial charge in [-0.25, -0.2) is 13.2 Å². The molecule has 0 fully saturated rings. The van der Waals surface area contributed by atoms with E-state index in [0.717, 1.165) is 30.9 Å². The van der Waals surface area contributed by atoms with Crippen molar-refractivity contribution in [1.29, 1.82) is 0 Å². The number of hydrogen-bond acceptors (Lipinski definition) is 0. The SMILES string of the molecule is CCCC/C(F)=C(\F)c1ccc(-c2ccc(CCC)cc2)c(F)c1. The first-order valence-corrected chi connectivity index (χ1v) is 8.50. The number of halogens is 3. The van der Waals surface area contributed by atoms with Gasteiger partial charge >= 0.3 is 0 Å². The van der Waals surface area contributed by atoms with Crippen LogP contribution in [0.1, 0.15) is 50.7 Å². The van der Waals surface area contributed by atoms with E-state index in [1.54, 1.807) is 0 Å². The monoisotopic (exact) mass is 332 g/mol. The summed E-state index contributed by atoms with van der Waals surface area (Å²) < 4.78 is 42.1. The van der Waals surface area contributed by atoms with Gasteiger partial charge in [0, 0.05) is 17.5 Å². The van der Waals surface area contributed by atoms with Gasteiger partial charge in [0.1, 0.15) is 11.6 Å². The van der Waals surface area contributed by atoms with Crippen LogP contribution >= 0.6 is 0 Å². The van der Waals surface area contributed by atoms with Crippen LogP contribution in [0.2, 0.25) is 0 Å². The first-order chi connectivity index (χ1) is 11.6. The molecule has 0 heterocycles. The van der Waals surface area contributed by atoms with E-state index in [2.05, 4.69) is 6.92 Å². The summed E-state index contributed by atoms with van der Waals surface area (Å²) in [5, 5.41) is 0. The molecule has 0 aliphatic rings. The lowest BCUT2D eigenvalue weighted by atomic mass is 10.00. The molecule has 2 aromatic rings. The Morgan fingerprint density at radius 3 is 2.21 bits per heavy atom. The highest BCUT2D eigenvalue weighted by Crippen LogP contribution is 2.30. The second kappa shape index (κ2) is 8.72. The summed E-state index contributed by atoms with van der Waals surface area (Å²) in [5.74, 6) is -2.32. The van der Waals surface area contributed by atoms with E-state index < -0.39 is 17.5 Å². The molecular weight excluding hydrogens is 309 g/mol. The topological polar surface area (TPSA) is 0 Å². The molecule has 2 rings (SSSR count). The van der Waals surface area contributed by atoms with Crippen LogP contribution < -0.4 is 0 Å². The smallest absolute Gasteiger partial charge is 0.161 e. The molecule has 0 aromatic heterocycles. The van der Waals surface area contributed by atoms with Crippen LogP contribution in [0.3, 0.4) is 0 Å². The van der Waals surface area contributed by atoms with Gasteiger partial charge in [0.05, 0.1) is 0 Å². The Labute approximate surface area is 142 Å². The number of benzene rings is 2. The molecule has 0 radical (unpaired) electrons. The molecule has 0 atom stereocenters. The van der Waals surface area contributed by atoms with Crippen molar-refractivity contribution in [3.05, 3.63) is 65.2 Å². The van der Waals surface area contributed by atoms with E-state index in [0.29, 0.717) is 12.0 Å². The Hall–Kier alpha value is -2.03. The van der Waals surface area contributed by atoms with Crippen molar-refractivity contribution in [3.8, 4) is 11.1 Å². The summed E-state index contributed by atoms with van der Waals surface area (Å²) in [4.78, 5) is 0. The lowest BCUT2D eigenvalue weighted by molar-refractivity contribution is 0.548. The predicted octanol–water partition coefficient (Wildman–Crippen LogP) is 7.24. The van der Waals surface area contributed by atoms with Crippen LogP contribution in [0.25, 0.3) is 17.0 Å². The lowest BCUT2D eigenvalue weighted by Gasteiger charge is -2.08. The van der Waals surface area contributed by atoms with Gasteiger partial charge in [-0.3, -0.25) is 0 Å². The fourth-order valence-electron chi connectivity index (χ4n) is 2.62. The minimum Gasteiger partial charge on any atom is -0.209 e. The number of allylic oxidation sites excluding steroid dienone is 1. The summed E-state index contributed by atoms with van der Waals surface area (Å²) in [6.45, 7) is 4.01. The average molecular weight is 332 g/mol. The Bertz CT molecular complexity index is 700. The average Bonchev–Trinajstić information content (AvgIpc) is 2.60. The summed E-state index contributed by atoms with van der Waals surface area (Å²) in [7, 11) is 0. The third-order valence-electron chi connectivity index (χ3n) is 4.01. The molecule has 24 heavy (non-hydrogen) atoms. The lowest BCUT2D eigenvalue weighted by Crippen LogP contribution is -1.90. The maximum absolute atomic E-state index is 14.3. The van der Waals surface area contributed by atoms with Crippen molar-refractivity contribution in [3.63, 3.8) is 0 Å². The molecule has 2 aromatic carbocycles. The van der Waals surface area contributed by atoms with Gasteiger partial charge in [0.15, 0.2) is 5.83 Å². The quantitative estimate of drug-likeness (QED) is 0.501. The fraction of sp³-hybridized carbons (Fsp3) is 0.333. The molecule has 0 saturated heterocycles. The molecule has 0 N–H and O–H groups in total. The molecule has 0 saturated carbocycles. The van der Waals surface area contributed by atoms with E-state index >= 15 is 0 Å². The van der Waals surface area contributed by atoms with Crippen LogP contribution in [-0.2, 0) is 6.42 Å². The Kier molecular flexibility index (Phi) is 6.65. The summed E-state index contributed by atoms with van der Waals surface area (Å²) in [6.07, 6.45) is 3.43. The summed E-state index contributed by atoms with van der Waals surface area (Å²) in [6, 6.07) is 11.7. The molecule has 3 heteroatoms. The number of aryl methyl sites for hydroxylation is 1. The Morgan fingerprint density at radius 2 is 1.62 bits per heavy atom. The third-order valence-corrected chi connectivity index (χ3v) is 4.01. The Morgan fingerprint density at radius 1 is 0.917 bits per heavy atom. The van der Waals surface area contributed by atoms with Gasteiger partial charge in [-0.05, 0) is 30.0 Å². The molecule has 0 spiro atoms. The standard InChI is InChI=1S/C21H23F3/c1-3-5-7-19(22)21(24)17-12-13-18(20(23)14-17)16-10-8-15(6-4-2)9-11-16/h8-14H,3-7H2,1-2H3/b21-19+. The highest BCUT2D eigenvalue weighted by molar-refractivity contribution is 5.69. The minimum atomic E-state index is -0.966. The molecule has 128 valence electrons. The summed E-state index contributed by atoms with van der Waals surface area (Å²) >= 11 is 0. The van der Waals surface area contributed by atoms with Gasteiger partial charge in [0.2, 0.25) is 0 Å². The van der Waals surface area contributed by atoms with Crippen LogP contribution in [0, 0.1) is 5.82 Å². The molecule has 0 nitrogen and oxygen atoms in total. The van der Waals surface area contributed by atoms with Crippen molar-refractivity contribution in [1.82, 2.24) is 0 Å². The molecule has 0 aliphatic carbocycles. The molecule has 0 bridgehead atoms. The second-order valence-corrected chi connectivity index (χ2v) is 5.96. The maximum atomic E-state index is 14.3. The van der Waals surface area contributed by atoms with E-state index in [4.69, 9.17) is 0 Å². The Balaban J connectivity index is 2.26. The zero-order chi connectivity index (χ0) is 17.5. The van der Waals surface area contributed by atoms with Crippen LogP contribution in [0.15, 0.2) is 48.3 Å². The van der Waals surface area contributed by atoms with E-state index in [1.807, 2.05) is 31.2 Å². The molecular formula is C21H23F3. The van der Waals surface area contributed by atoms with E-state index in [9.17, 15) is 13.2 Å². The van der Waals surface area contributed by atoms with Gasteiger partial charge in [-0.2, -0.15) is 0 Å². The van der Waals surface area contributed by atoms with Crippen LogP contribution in [0.4, 0.5) is 13.2 Å². The van der Waals surface area contributed by atoms with Crippen molar-refractivity contribution in [2.24, 2.45) is 0 Å². The molecule has 0 unspecified atom stereocenters. The second-order valence-electron chi connectivity index (χ2n) is 5.96. The highest BCUT2D eigenvalue weighted by Gasteiger charge is 2.12. The van der Waals surface area contributed by atoms with E-state index in [1.165, 1.54) is 17.7 Å². The number of rotatable bonds is 7. The summed E-state index contributed by atoms with van der Waals surface area (Å²) in [5.41, 5.74) is 2.27. The normalized spacial score (nSPS) is 12.2. The third kappa shape index (κ3) is 4.50. The molecule has 0 aliphatic heterocycles. The van der Waals surface area contributed by atoms with Gasteiger partial charge in [-0.15, -0.1) is 0 Å². The minimum absolute atomic E-state index is 0.0462. The molecule has 0 amide bonds. The predicted molar refractivity (Wildman–Crippen MR) is 94.5 cm³/mol. The number of hydrogen-bond donors (Lipinski definition) is 0. The van der Waals surface area contributed by atoms with Gasteiger partial charge in [-0.1, -0.05) is 63.1 Å². The van der Waals surface area contributed by atoms with Gasteiger partial charge in [0.25, 0.3) is 0 Å². The van der Waals surface area contributed by atoms with Crippen molar-refractivity contribution >= 4 is 5.83 Å². The van der Waals surface area contributed by atoms with Crippen molar-refractivity contribution in [2.75, 3.05) is 0 Å². The van der Waals surface area contributed by atoms with Crippen molar-refractivity contribution in [2.45, 2.75) is 46.0 Å². The van der Waals surface area contributed by atoms with Gasteiger partial charge < -0.3 is 0 Å². The zero-order valence-electron chi connectivity index (χ0n) is 14.2. The zero-order valence-corrected chi connectivity index (χ0v) is 14.2. The maximum Gasteiger partial charge on any atom is 0.161 e. The number of unbranched alkanes of at least 4 members (excludes halogenated alkanes) is 1. The van der Waals surface area contributed by atoms with Crippen LogP contribution in [0.5, 0.6) is 0 Å². The highest BCUT2D eigenvalue weighted by atomic mass is 19.2. The first-order valence-electron chi connectivity index (χ1n) is 8.50. The largest absolute Gasteiger partial charge is 0.209 e.